The van der Waals surface area contributed by atoms with Gasteiger partial charge in [0.05, 0.1) is 0 Å². The quantitative estimate of drug-likeness (QED) is 0.770. The fourth-order valence-electron chi connectivity index (χ4n) is 2.87. The van der Waals surface area contributed by atoms with E-state index in [1.165, 1.54) is 0 Å². The molecule has 1 unspecified atom stereocenters. The van der Waals surface area contributed by atoms with Gasteiger partial charge in [0.15, 0.2) is 0 Å². The Kier molecular flexibility index (Phi) is 6.79. The lowest BCUT2D eigenvalue weighted by Gasteiger charge is -2.31. The maximum absolute atomic E-state index is 12.5. The summed E-state index contributed by atoms with van der Waals surface area (Å²) in [5, 5.41) is 6.13. The lowest BCUT2D eigenvalue weighted by molar-refractivity contribution is -0.121. The molecule has 1 aromatic carbocycles. The zero-order chi connectivity index (χ0) is 17.5. The van der Waals surface area contributed by atoms with Crippen LogP contribution in [0.2, 0.25) is 0 Å². The first-order valence-corrected chi connectivity index (χ1v) is 8.97. The molecular weight excluding hydrogens is 302 g/mol. The highest BCUT2D eigenvalue weighted by Gasteiger charge is 2.28. The Morgan fingerprint density at radius 1 is 1.17 bits per heavy atom. The Balaban J connectivity index is 1.96. The number of hydrogen-bond acceptors (Lipinski definition) is 3. The van der Waals surface area contributed by atoms with E-state index in [0.29, 0.717) is 11.5 Å². The molecule has 1 aliphatic rings. The van der Waals surface area contributed by atoms with Gasteiger partial charge >= 0.3 is 0 Å². The van der Waals surface area contributed by atoms with Crippen LogP contribution in [0, 0.1) is 11.8 Å². The predicted molar refractivity (Wildman–Crippen MR) is 97.1 cm³/mol. The molecule has 0 saturated carbocycles. The molecule has 132 valence electrons. The van der Waals surface area contributed by atoms with E-state index in [0.717, 1.165) is 44.7 Å². The molecule has 1 aromatic rings. The molecule has 2 N–H and O–H groups in total. The van der Waals surface area contributed by atoms with Gasteiger partial charge in [0.1, 0.15) is 0 Å². The third-order valence-electron chi connectivity index (χ3n) is 4.61. The molecule has 0 spiro atoms. The van der Waals surface area contributed by atoms with Crippen LogP contribution in [0.5, 0.6) is 0 Å². The van der Waals surface area contributed by atoms with Gasteiger partial charge in [0, 0.05) is 30.3 Å². The lowest BCUT2D eigenvalue weighted by Crippen LogP contribution is -2.48. The fraction of sp³-hybridized carbons (Fsp3) is 0.579. The van der Waals surface area contributed by atoms with Crippen molar-refractivity contribution in [2.45, 2.75) is 33.6 Å². The van der Waals surface area contributed by atoms with Crippen molar-refractivity contribution in [1.82, 2.24) is 10.2 Å². The highest BCUT2D eigenvalue weighted by atomic mass is 16.2. The molecule has 24 heavy (non-hydrogen) atoms. The summed E-state index contributed by atoms with van der Waals surface area (Å²) in [4.78, 5) is 26.7. The zero-order valence-electron chi connectivity index (χ0n) is 15.0. The molecule has 2 rings (SSSR count). The van der Waals surface area contributed by atoms with Crippen LogP contribution in [0.4, 0.5) is 5.69 Å². The number of carbonyl (C=O) groups is 2. The predicted octanol–water partition coefficient (Wildman–Crippen LogP) is 2.74. The van der Waals surface area contributed by atoms with Crippen LogP contribution >= 0.6 is 0 Å². The second-order valence-electron chi connectivity index (χ2n) is 6.57. The first-order valence-electron chi connectivity index (χ1n) is 8.97. The first kappa shape index (κ1) is 18.5. The molecule has 0 radical (unpaired) electrons. The molecule has 2 amide bonds. The van der Waals surface area contributed by atoms with E-state index in [-0.39, 0.29) is 17.7 Å². The summed E-state index contributed by atoms with van der Waals surface area (Å²) in [6.45, 7) is 9.49. The number of nitrogens with one attached hydrogen (secondary N) is 2. The van der Waals surface area contributed by atoms with Crippen LogP contribution in [0.3, 0.4) is 0 Å². The van der Waals surface area contributed by atoms with Crippen LogP contribution in [-0.2, 0) is 4.79 Å². The van der Waals surface area contributed by atoms with E-state index < -0.39 is 0 Å². The number of amides is 2. The third-order valence-corrected chi connectivity index (χ3v) is 4.61. The summed E-state index contributed by atoms with van der Waals surface area (Å²) in [5.41, 5.74) is 1.42. The summed E-state index contributed by atoms with van der Waals surface area (Å²) in [6, 6.07) is 7.22. The van der Waals surface area contributed by atoms with Crippen LogP contribution in [-0.4, -0.2) is 42.9 Å². The van der Waals surface area contributed by atoms with E-state index in [1.807, 2.05) is 24.0 Å². The van der Waals surface area contributed by atoms with Gasteiger partial charge in [-0.3, -0.25) is 9.59 Å². The fourth-order valence-corrected chi connectivity index (χ4v) is 2.87. The minimum Gasteiger partial charge on any atom is -0.339 e. The monoisotopic (exact) mass is 331 g/mol. The van der Waals surface area contributed by atoms with E-state index in [9.17, 15) is 9.59 Å². The summed E-state index contributed by atoms with van der Waals surface area (Å²) in [7, 11) is 0. The molecule has 1 fully saturated rings. The molecule has 0 aromatic heterocycles. The van der Waals surface area contributed by atoms with Gasteiger partial charge in [-0.15, -0.1) is 0 Å². The van der Waals surface area contributed by atoms with Crippen molar-refractivity contribution in [2.24, 2.45) is 11.8 Å². The first-order chi connectivity index (χ1) is 11.6. The Labute approximate surface area is 144 Å². The highest BCUT2D eigenvalue weighted by molar-refractivity contribution is 5.96. The van der Waals surface area contributed by atoms with Gasteiger partial charge in [-0.1, -0.05) is 20.8 Å². The Morgan fingerprint density at radius 3 is 2.21 bits per heavy atom. The summed E-state index contributed by atoms with van der Waals surface area (Å²) < 4.78 is 0. The van der Waals surface area contributed by atoms with Gasteiger partial charge in [0.2, 0.25) is 5.91 Å². The second kappa shape index (κ2) is 8.83. The van der Waals surface area contributed by atoms with Crippen LogP contribution in [0.15, 0.2) is 24.3 Å². The number of nitrogens with zero attached hydrogens (tertiary/aromatic N) is 1. The molecule has 1 heterocycles. The smallest absolute Gasteiger partial charge is 0.253 e. The standard InChI is InChI=1S/C19H29N3O2/c1-4-10-22(11-5-2)19(24)15-6-8-17(9-7-15)21-18(23)14(3)16-12-20-13-16/h6-9,14,16,20H,4-5,10-13H2,1-3H3,(H,21,23). The van der Waals surface area contributed by atoms with Gasteiger partial charge in [0.25, 0.3) is 5.91 Å². The molecule has 1 atom stereocenters. The van der Waals surface area contributed by atoms with Crippen molar-refractivity contribution < 1.29 is 9.59 Å². The Morgan fingerprint density at radius 2 is 1.75 bits per heavy atom. The van der Waals surface area contributed by atoms with Crippen molar-refractivity contribution in [2.75, 3.05) is 31.5 Å². The van der Waals surface area contributed by atoms with Crippen molar-refractivity contribution in [1.29, 1.82) is 0 Å². The Bertz CT molecular complexity index is 546. The topological polar surface area (TPSA) is 61.4 Å². The van der Waals surface area contributed by atoms with Crippen molar-refractivity contribution in [3.05, 3.63) is 29.8 Å². The summed E-state index contributed by atoms with van der Waals surface area (Å²) in [5.74, 6) is 0.518. The maximum Gasteiger partial charge on any atom is 0.253 e. The molecule has 1 aliphatic heterocycles. The van der Waals surface area contributed by atoms with E-state index >= 15 is 0 Å². The average Bonchev–Trinajstić information content (AvgIpc) is 2.53. The van der Waals surface area contributed by atoms with E-state index in [4.69, 9.17) is 0 Å². The normalized spacial score (nSPS) is 15.5. The van der Waals surface area contributed by atoms with Crippen LogP contribution in [0.1, 0.15) is 44.0 Å². The molecule has 5 nitrogen and oxygen atoms in total. The molecule has 0 aliphatic carbocycles. The van der Waals surface area contributed by atoms with Gasteiger partial charge < -0.3 is 15.5 Å². The SMILES string of the molecule is CCCN(CCC)C(=O)c1ccc(NC(=O)C(C)C2CNC2)cc1. The van der Waals surface area contributed by atoms with Crippen molar-refractivity contribution in [3.63, 3.8) is 0 Å². The van der Waals surface area contributed by atoms with Gasteiger partial charge in [-0.05, 0) is 56.1 Å². The largest absolute Gasteiger partial charge is 0.339 e. The highest BCUT2D eigenvalue weighted by Crippen LogP contribution is 2.19. The molecule has 0 bridgehead atoms. The number of hydrogen-bond donors (Lipinski definition) is 2. The van der Waals surface area contributed by atoms with Gasteiger partial charge in [-0.25, -0.2) is 0 Å². The summed E-state index contributed by atoms with van der Waals surface area (Å²) in [6.07, 6.45) is 1.90. The number of benzene rings is 1. The maximum atomic E-state index is 12.5. The molecular formula is C19H29N3O2. The van der Waals surface area contributed by atoms with E-state index in [1.54, 1.807) is 12.1 Å². The average molecular weight is 331 g/mol. The Hall–Kier alpha value is -1.88. The van der Waals surface area contributed by atoms with Crippen molar-refractivity contribution >= 4 is 17.5 Å². The van der Waals surface area contributed by atoms with Crippen molar-refractivity contribution in [3.8, 4) is 0 Å². The number of rotatable bonds is 8. The molecule has 1 saturated heterocycles. The lowest BCUT2D eigenvalue weighted by atomic mass is 9.88. The van der Waals surface area contributed by atoms with E-state index in [2.05, 4.69) is 24.5 Å². The minimum atomic E-state index is -0.00263. The zero-order valence-corrected chi connectivity index (χ0v) is 15.0. The third kappa shape index (κ3) is 4.57. The minimum absolute atomic E-state index is 0.00263. The van der Waals surface area contributed by atoms with Crippen LogP contribution in [0.25, 0.3) is 0 Å². The second-order valence-corrected chi connectivity index (χ2v) is 6.57. The molecule has 5 heteroatoms. The number of carbonyl (C=O) groups excluding carboxylic acids is 2. The van der Waals surface area contributed by atoms with Crippen LogP contribution < -0.4 is 10.6 Å². The number of anilines is 1. The van der Waals surface area contributed by atoms with Gasteiger partial charge in [-0.2, -0.15) is 0 Å². The summed E-state index contributed by atoms with van der Waals surface area (Å²) >= 11 is 0.